The van der Waals surface area contributed by atoms with Crippen LogP contribution in [0.2, 0.25) is 0 Å². The van der Waals surface area contributed by atoms with E-state index in [1.165, 1.54) is 6.20 Å². The summed E-state index contributed by atoms with van der Waals surface area (Å²) < 4.78 is 13.3. The highest BCUT2D eigenvalue weighted by Crippen LogP contribution is 2.16. The van der Waals surface area contributed by atoms with Crippen molar-refractivity contribution in [2.45, 2.75) is 13.5 Å². The summed E-state index contributed by atoms with van der Waals surface area (Å²) in [5, 5.41) is 0. The average Bonchev–Trinajstić information content (AvgIpc) is 2.04. The molecule has 3 heteroatoms. The van der Waals surface area contributed by atoms with Crippen LogP contribution in [0.15, 0.2) is 18.8 Å². The van der Waals surface area contributed by atoms with Crippen molar-refractivity contribution in [3.05, 3.63) is 35.9 Å². The summed E-state index contributed by atoms with van der Waals surface area (Å²) in [5.74, 6) is -0.354. The lowest BCUT2D eigenvalue weighted by atomic mass is 10.1. The molecule has 0 spiro atoms. The Balaban J connectivity index is 3.23. The van der Waals surface area contributed by atoms with Crippen LogP contribution in [0.1, 0.15) is 18.2 Å². The van der Waals surface area contributed by atoms with Gasteiger partial charge >= 0.3 is 0 Å². The molecule has 1 aromatic rings. The second-order valence-electron chi connectivity index (χ2n) is 2.60. The fraction of sp³-hybridized carbons (Fsp3) is 0.222. The number of rotatable bonds is 2. The first kappa shape index (κ1) is 8.87. The van der Waals surface area contributed by atoms with E-state index >= 15 is 0 Å². The van der Waals surface area contributed by atoms with E-state index in [0.29, 0.717) is 11.1 Å². The van der Waals surface area contributed by atoms with Gasteiger partial charge in [0.1, 0.15) is 0 Å². The van der Waals surface area contributed by atoms with Crippen molar-refractivity contribution in [2.24, 2.45) is 5.73 Å². The number of pyridine rings is 1. The molecule has 2 N–H and O–H groups in total. The highest BCUT2D eigenvalue weighted by Gasteiger charge is 2.07. The lowest BCUT2D eigenvalue weighted by Gasteiger charge is -2.04. The van der Waals surface area contributed by atoms with Crippen LogP contribution in [0.3, 0.4) is 0 Å². The number of aromatic nitrogens is 1. The Labute approximate surface area is 70.9 Å². The van der Waals surface area contributed by atoms with E-state index in [1.54, 1.807) is 13.0 Å². The molecule has 2 nitrogen and oxygen atoms in total. The minimum Gasteiger partial charge on any atom is -0.325 e. The van der Waals surface area contributed by atoms with Crippen molar-refractivity contribution in [3.63, 3.8) is 0 Å². The summed E-state index contributed by atoms with van der Waals surface area (Å²) in [4.78, 5) is 3.80. The highest BCUT2D eigenvalue weighted by molar-refractivity contribution is 5.61. The van der Waals surface area contributed by atoms with Gasteiger partial charge in [0.15, 0.2) is 5.82 Å². The molecule has 0 aliphatic heterocycles. The predicted octanol–water partition coefficient (Wildman–Crippen LogP) is 1.71. The number of hydrogen-bond donors (Lipinski definition) is 1. The third kappa shape index (κ3) is 1.51. The van der Waals surface area contributed by atoms with Crippen LogP contribution in [0.25, 0.3) is 5.57 Å². The Bertz CT molecular complexity index is 307. The maximum atomic E-state index is 13.3. The van der Waals surface area contributed by atoms with Crippen LogP contribution in [-0.4, -0.2) is 4.98 Å². The molecule has 1 rings (SSSR count). The third-order valence-corrected chi connectivity index (χ3v) is 1.61. The van der Waals surface area contributed by atoms with E-state index < -0.39 is 0 Å². The van der Waals surface area contributed by atoms with Crippen LogP contribution in [-0.2, 0) is 6.54 Å². The second kappa shape index (κ2) is 3.45. The van der Waals surface area contributed by atoms with Gasteiger partial charge in [-0.2, -0.15) is 0 Å². The van der Waals surface area contributed by atoms with E-state index in [9.17, 15) is 4.39 Å². The Morgan fingerprint density at radius 3 is 2.92 bits per heavy atom. The zero-order valence-electron chi connectivity index (χ0n) is 6.97. The predicted molar refractivity (Wildman–Crippen MR) is 46.8 cm³/mol. The standard InChI is InChI=1S/C9H11FN2/c1-6(2)7-3-4-12-8(5-11)9(7)10/h3-4H,1,5,11H2,2H3. The van der Waals surface area contributed by atoms with Crippen molar-refractivity contribution in [1.82, 2.24) is 4.98 Å². The van der Waals surface area contributed by atoms with Crippen LogP contribution in [0, 0.1) is 5.82 Å². The molecular formula is C9H11FN2. The van der Waals surface area contributed by atoms with Crippen molar-refractivity contribution in [1.29, 1.82) is 0 Å². The van der Waals surface area contributed by atoms with Crippen molar-refractivity contribution in [2.75, 3.05) is 0 Å². The second-order valence-corrected chi connectivity index (χ2v) is 2.60. The Morgan fingerprint density at radius 1 is 1.75 bits per heavy atom. The van der Waals surface area contributed by atoms with Crippen LogP contribution in [0.5, 0.6) is 0 Å². The van der Waals surface area contributed by atoms with Gasteiger partial charge in [-0.15, -0.1) is 0 Å². The molecular weight excluding hydrogens is 155 g/mol. The maximum Gasteiger partial charge on any atom is 0.153 e. The summed E-state index contributed by atoms with van der Waals surface area (Å²) in [6, 6.07) is 1.59. The molecule has 64 valence electrons. The van der Waals surface area contributed by atoms with Crippen molar-refractivity contribution < 1.29 is 4.39 Å². The summed E-state index contributed by atoms with van der Waals surface area (Å²) in [7, 11) is 0. The Hall–Kier alpha value is -1.22. The van der Waals surface area contributed by atoms with Gasteiger partial charge in [-0.25, -0.2) is 4.39 Å². The molecule has 0 aliphatic carbocycles. The quantitative estimate of drug-likeness (QED) is 0.726. The van der Waals surface area contributed by atoms with Gasteiger partial charge in [-0.1, -0.05) is 6.58 Å². The SMILES string of the molecule is C=C(C)c1ccnc(CN)c1F. The van der Waals surface area contributed by atoms with Gasteiger partial charge in [0.05, 0.1) is 5.69 Å². The first-order valence-electron chi connectivity index (χ1n) is 3.66. The van der Waals surface area contributed by atoms with E-state index in [0.717, 1.165) is 0 Å². The van der Waals surface area contributed by atoms with Crippen LogP contribution >= 0.6 is 0 Å². The molecule has 1 heterocycles. The maximum absolute atomic E-state index is 13.3. The molecule has 0 radical (unpaired) electrons. The third-order valence-electron chi connectivity index (χ3n) is 1.61. The smallest absolute Gasteiger partial charge is 0.153 e. The molecule has 0 atom stereocenters. The average molecular weight is 166 g/mol. The molecule has 0 saturated carbocycles. The summed E-state index contributed by atoms with van der Waals surface area (Å²) in [5.41, 5.74) is 6.75. The van der Waals surface area contributed by atoms with E-state index in [-0.39, 0.29) is 18.1 Å². The summed E-state index contributed by atoms with van der Waals surface area (Å²) in [6.45, 7) is 5.52. The fourth-order valence-corrected chi connectivity index (χ4v) is 0.959. The number of allylic oxidation sites excluding steroid dienone is 1. The number of hydrogen-bond acceptors (Lipinski definition) is 2. The van der Waals surface area contributed by atoms with Gasteiger partial charge < -0.3 is 5.73 Å². The lowest BCUT2D eigenvalue weighted by molar-refractivity contribution is 0.596. The molecule has 0 fully saturated rings. The van der Waals surface area contributed by atoms with Crippen molar-refractivity contribution in [3.8, 4) is 0 Å². The van der Waals surface area contributed by atoms with Crippen molar-refractivity contribution >= 4 is 5.57 Å². The van der Waals surface area contributed by atoms with Crippen LogP contribution in [0.4, 0.5) is 4.39 Å². The van der Waals surface area contributed by atoms with E-state index in [4.69, 9.17) is 5.73 Å². The number of nitrogens with zero attached hydrogens (tertiary/aromatic N) is 1. The largest absolute Gasteiger partial charge is 0.325 e. The number of halogens is 1. The molecule has 0 saturated heterocycles. The van der Waals surface area contributed by atoms with Gasteiger partial charge in [0.2, 0.25) is 0 Å². The molecule has 0 bridgehead atoms. The summed E-state index contributed by atoms with van der Waals surface area (Å²) in [6.07, 6.45) is 1.54. The lowest BCUT2D eigenvalue weighted by Crippen LogP contribution is -2.04. The molecule has 0 aromatic carbocycles. The molecule has 1 aromatic heterocycles. The van der Waals surface area contributed by atoms with Gasteiger partial charge in [0, 0.05) is 18.3 Å². The molecule has 0 aliphatic rings. The van der Waals surface area contributed by atoms with E-state index in [1.807, 2.05) is 0 Å². The minimum atomic E-state index is -0.354. The minimum absolute atomic E-state index is 0.118. The van der Waals surface area contributed by atoms with E-state index in [2.05, 4.69) is 11.6 Å². The highest BCUT2D eigenvalue weighted by atomic mass is 19.1. The Kier molecular flexibility index (Phi) is 2.55. The molecule has 12 heavy (non-hydrogen) atoms. The topological polar surface area (TPSA) is 38.9 Å². The van der Waals surface area contributed by atoms with Gasteiger partial charge in [-0.3, -0.25) is 4.98 Å². The molecule has 0 amide bonds. The normalized spacial score (nSPS) is 9.92. The summed E-state index contributed by atoms with van der Waals surface area (Å²) >= 11 is 0. The number of nitrogens with two attached hydrogens (primary N) is 1. The van der Waals surface area contributed by atoms with Gasteiger partial charge in [0.25, 0.3) is 0 Å². The van der Waals surface area contributed by atoms with Gasteiger partial charge in [-0.05, 0) is 18.6 Å². The zero-order chi connectivity index (χ0) is 9.14. The van der Waals surface area contributed by atoms with Crippen LogP contribution < -0.4 is 5.73 Å². The first-order valence-corrected chi connectivity index (χ1v) is 3.66. The fourth-order valence-electron chi connectivity index (χ4n) is 0.959. The molecule has 0 unspecified atom stereocenters. The first-order chi connectivity index (χ1) is 5.66. The zero-order valence-corrected chi connectivity index (χ0v) is 6.97. The monoisotopic (exact) mass is 166 g/mol. The Morgan fingerprint density at radius 2 is 2.42 bits per heavy atom.